The molecular formula is C18H16N4O4. The molecule has 8 nitrogen and oxygen atoms in total. The van der Waals surface area contributed by atoms with E-state index in [0.717, 1.165) is 0 Å². The molecule has 0 radical (unpaired) electrons. The fraction of sp³-hybridized carbons (Fsp3) is 0.111. The van der Waals surface area contributed by atoms with Crippen LogP contribution in [-0.2, 0) is 0 Å². The SMILES string of the molecule is Cc1n[nH]c(=O)c(C(=O)Nc2ccc(NC(=O)c3ccco3)cc2)c1C. The molecule has 0 saturated carbocycles. The smallest absolute Gasteiger partial charge is 0.291 e. The first-order valence-corrected chi connectivity index (χ1v) is 7.78. The van der Waals surface area contributed by atoms with E-state index in [1.807, 2.05) is 0 Å². The minimum absolute atomic E-state index is 0.0210. The second kappa shape index (κ2) is 7.06. The highest BCUT2D eigenvalue weighted by Crippen LogP contribution is 2.16. The third-order valence-electron chi connectivity index (χ3n) is 3.84. The van der Waals surface area contributed by atoms with Crippen molar-refractivity contribution in [2.24, 2.45) is 0 Å². The summed E-state index contributed by atoms with van der Waals surface area (Å²) in [4.78, 5) is 36.2. The molecule has 0 spiro atoms. The number of carbonyl (C=O) groups is 2. The molecule has 26 heavy (non-hydrogen) atoms. The van der Waals surface area contributed by atoms with Crippen molar-refractivity contribution < 1.29 is 14.0 Å². The summed E-state index contributed by atoms with van der Waals surface area (Å²) in [7, 11) is 0. The van der Waals surface area contributed by atoms with Crippen LogP contribution >= 0.6 is 0 Å². The first-order chi connectivity index (χ1) is 12.5. The van der Waals surface area contributed by atoms with E-state index < -0.39 is 11.5 Å². The topological polar surface area (TPSA) is 117 Å². The van der Waals surface area contributed by atoms with Crippen molar-refractivity contribution in [2.75, 3.05) is 10.6 Å². The molecule has 3 rings (SSSR count). The van der Waals surface area contributed by atoms with Gasteiger partial charge in [0.1, 0.15) is 5.56 Å². The maximum atomic E-state index is 12.4. The molecule has 3 N–H and O–H groups in total. The molecule has 2 heterocycles. The quantitative estimate of drug-likeness (QED) is 0.667. The van der Waals surface area contributed by atoms with Gasteiger partial charge in [0.05, 0.1) is 12.0 Å². The first kappa shape index (κ1) is 17.2. The molecule has 0 bridgehead atoms. The number of carbonyl (C=O) groups excluding carboxylic acids is 2. The number of rotatable bonds is 4. The summed E-state index contributed by atoms with van der Waals surface area (Å²) in [5.74, 6) is -0.701. The summed E-state index contributed by atoms with van der Waals surface area (Å²) in [6.07, 6.45) is 1.41. The Morgan fingerprint density at radius 2 is 1.62 bits per heavy atom. The van der Waals surface area contributed by atoms with Crippen molar-refractivity contribution in [1.29, 1.82) is 0 Å². The predicted molar refractivity (Wildman–Crippen MR) is 95.4 cm³/mol. The van der Waals surface area contributed by atoms with Crippen LogP contribution in [0, 0.1) is 13.8 Å². The van der Waals surface area contributed by atoms with Gasteiger partial charge in [0.15, 0.2) is 5.76 Å². The van der Waals surface area contributed by atoms with E-state index in [1.165, 1.54) is 6.26 Å². The van der Waals surface area contributed by atoms with Crippen molar-refractivity contribution in [3.63, 3.8) is 0 Å². The molecule has 0 aliphatic rings. The fourth-order valence-corrected chi connectivity index (χ4v) is 2.33. The number of aromatic amines is 1. The van der Waals surface area contributed by atoms with Gasteiger partial charge in [-0.25, -0.2) is 5.10 Å². The second-order valence-corrected chi connectivity index (χ2v) is 5.60. The second-order valence-electron chi connectivity index (χ2n) is 5.60. The number of amides is 2. The predicted octanol–water partition coefficient (Wildman–Crippen LogP) is 2.48. The molecule has 1 aromatic carbocycles. The average Bonchev–Trinajstić information content (AvgIpc) is 3.15. The van der Waals surface area contributed by atoms with E-state index in [1.54, 1.807) is 50.2 Å². The molecule has 8 heteroatoms. The van der Waals surface area contributed by atoms with Gasteiger partial charge in [-0.05, 0) is 55.8 Å². The number of nitrogens with one attached hydrogen (secondary N) is 3. The van der Waals surface area contributed by atoms with Gasteiger partial charge in [0, 0.05) is 11.4 Å². The Hall–Kier alpha value is -3.68. The Kier molecular flexibility index (Phi) is 4.66. The Labute approximate surface area is 148 Å². The highest BCUT2D eigenvalue weighted by atomic mass is 16.3. The van der Waals surface area contributed by atoms with E-state index in [-0.39, 0.29) is 17.2 Å². The normalized spacial score (nSPS) is 10.4. The zero-order valence-corrected chi connectivity index (χ0v) is 14.1. The summed E-state index contributed by atoms with van der Waals surface area (Å²) in [6, 6.07) is 9.68. The number of hydrogen-bond donors (Lipinski definition) is 3. The van der Waals surface area contributed by atoms with Crippen LogP contribution in [0.4, 0.5) is 11.4 Å². The van der Waals surface area contributed by atoms with Crippen LogP contribution in [0.2, 0.25) is 0 Å². The number of hydrogen-bond acceptors (Lipinski definition) is 5. The van der Waals surface area contributed by atoms with E-state index in [9.17, 15) is 14.4 Å². The lowest BCUT2D eigenvalue weighted by molar-refractivity contribution is 0.0994. The van der Waals surface area contributed by atoms with Gasteiger partial charge < -0.3 is 15.1 Å². The third kappa shape index (κ3) is 3.54. The highest BCUT2D eigenvalue weighted by molar-refractivity contribution is 6.05. The highest BCUT2D eigenvalue weighted by Gasteiger charge is 2.16. The van der Waals surface area contributed by atoms with Crippen LogP contribution in [0.3, 0.4) is 0 Å². The van der Waals surface area contributed by atoms with Crippen molar-refractivity contribution >= 4 is 23.2 Å². The lowest BCUT2D eigenvalue weighted by Crippen LogP contribution is -2.26. The van der Waals surface area contributed by atoms with Crippen LogP contribution in [0.1, 0.15) is 32.2 Å². The van der Waals surface area contributed by atoms with Gasteiger partial charge in [-0.3, -0.25) is 14.4 Å². The number of nitrogens with zero attached hydrogens (tertiary/aromatic N) is 1. The zero-order valence-electron chi connectivity index (χ0n) is 14.1. The number of aryl methyl sites for hydroxylation is 1. The minimum atomic E-state index is -0.548. The zero-order chi connectivity index (χ0) is 18.7. The van der Waals surface area contributed by atoms with E-state index in [0.29, 0.717) is 22.6 Å². The monoisotopic (exact) mass is 352 g/mol. The summed E-state index contributed by atoms with van der Waals surface area (Å²) in [6.45, 7) is 3.37. The van der Waals surface area contributed by atoms with Crippen LogP contribution < -0.4 is 16.2 Å². The Bertz CT molecular complexity index is 1000. The summed E-state index contributed by atoms with van der Waals surface area (Å²) in [5.41, 5.74) is 1.59. The molecule has 2 amide bonds. The lowest BCUT2D eigenvalue weighted by atomic mass is 10.1. The standard InChI is InChI=1S/C18H16N4O4/c1-10-11(2)21-22-18(25)15(10)17(24)20-13-7-5-12(6-8-13)19-16(23)14-4-3-9-26-14/h3-9H,1-2H3,(H,19,23)(H,20,24)(H,22,25). The molecule has 0 atom stereocenters. The van der Waals surface area contributed by atoms with Crippen LogP contribution in [0.25, 0.3) is 0 Å². The third-order valence-corrected chi connectivity index (χ3v) is 3.84. The number of anilines is 2. The average molecular weight is 352 g/mol. The summed E-state index contributed by atoms with van der Waals surface area (Å²) >= 11 is 0. The van der Waals surface area contributed by atoms with Gasteiger partial charge in [0.25, 0.3) is 17.4 Å². The molecule has 0 aliphatic carbocycles. The van der Waals surface area contributed by atoms with Crippen LogP contribution in [-0.4, -0.2) is 22.0 Å². The largest absolute Gasteiger partial charge is 0.459 e. The number of aromatic nitrogens is 2. The van der Waals surface area contributed by atoms with Gasteiger partial charge in [-0.1, -0.05) is 0 Å². The number of H-pyrrole nitrogens is 1. The van der Waals surface area contributed by atoms with E-state index >= 15 is 0 Å². The van der Waals surface area contributed by atoms with Crippen molar-refractivity contribution in [1.82, 2.24) is 10.2 Å². The molecule has 2 aromatic heterocycles. The van der Waals surface area contributed by atoms with Crippen molar-refractivity contribution in [3.8, 4) is 0 Å². The molecular weight excluding hydrogens is 336 g/mol. The first-order valence-electron chi connectivity index (χ1n) is 7.78. The summed E-state index contributed by atoms with van der Waals surface area (Å²) in [5, 5.41) is 11.5. The molecule has 132 valence electrons. The minimum Gasteiger partial charge on any atom is -0.459 e. The van der Waals surface area contributed by atoms with Crippen molar-refractivity contribution in [3.05, 3.63) is 75.6 Å². The molecule has 3 aromatic rings. The number of furan rings is 1. The molecule has 0 saturated heterocycles. The lowest BCUT2D eigenvalue weighted by Gasteiger charge is -2.09. The van der Waals surface area contributed by atoms with E-state index in [4.69, 9.17) is 4.42 Å². The molecule has 0 aliphatic heterocycles. The Balaban J connectivity index is 1.72. The summed E-state index contributed by atoms with van der Waals surface area (Å²) < 4.78 is 5.02. The maximum Gasteiger partial charge on any atom is 0.291 e. The maximum absolute atomic E-state index is 12.4. The van der Waals surface area contributed by atoms with Crippen LogP contribution in [0.5, 0.6) is 0 Å². The van der Waals surface area contributed by atoms with Gasteiger partial charge >= 0.3 is 0 Å². The van der Waals surface area contributed by atoms with Crippen molar-refractivity contribution in [2.45, 2.75) is 13.8 Å². The Morgan fingerprint density at radius 3 is 2.19 bits per heavy atom. The molecule has 0 unspecified atom stereocenters. The van der Waals surface area contributed by atoms with Crippen LogP contribution in [0.15, 0.2) is 51.9 Å². The van der Waals surface area contributed by atoms with Gasteiger partial charge in [-0.2, -0.15) is 5.10 Å². The van der Waals surface area contributed by atoms with Gasteiger partial charge in [-0.15, -0.1) is 0 Å². The van der Waals surface area contributed by atoms with Gasteiger partial charge in [0.2, 0.25) is 0 Å². The Morgan fingerprint density at radius 1 is 1.00 bits per heavy atom. The van der Waals surface area contributed by atoms with E-state index in [2.05, 4.69) is 20.8 Å². The fourth-order valence-electron chi connectivity index (χ4n) is 2.33. The number of benzene rings is 1. The molecule has 0 fully saturated rings.